The van der Waals surface area contributed by atoms with Crippen molar-refractivity contribution in [2.45, 2.75) is 12.8 Å². The van der Waals surface area contributed by atoms with E-state index in [1.54, 1.807) is 0 Å². The lowest BCUT2D eigenvalue weighted by atomic mass is 9.91. The highest BCUT2D eigenvalue weighted by atomic mass is 79.9. The van der Waals surface area contributed by atoms with E-state index in [4.69, 9.17) is 0 Å². The van der Waals surface area contributed by atoms with Crippen molar-refractivity contribution < 1.29 is 13.6 Å². The first kappa shape index (κ1) is 12.6. The van der Waals surface area contributed by atoms with E-state index in [1.807, 2.05) is 0 Å². The molecule has 1 N–H and O–H groups in total. The SMILES string of the molecule is O=C(c1cc(F)c(Br)cc1F)C1CCCNC1. The van der Waals surface area contributed by atoms with E-state index in [0.717, 1.165) is 31.5 Å². The lowest BCUT2D eigenvalue weighted by Crippen LogP contribution is -2.34. The van der Waals surface area contributed by atoms with Crippen LogP contribution in [0.5, 0.6) is 0 Å². The van der Waals surface area contributed by atoms with Gasteiger partial charge in [0.15, 0.2) is 5.78 Å². The number of rotatable bonds is 2. The molecule has 1 unspecified atom stereocenters. The number of carbonyl (C=O) groups is 1. The molecule has 1 fully saturated rings. The van der Waals surface area contributed by atoms with Crippen LogP contribution in [-0.4, -0.2) is 18.9 Å². The van der Waals surface area contributed by atoms with Crippen molar-refractivity contribution in [3.05, 3.63) is 33.8 Å². The Morgan fingerprint density at radius 3 is 2.76 bits per heavy atom. The maximum absolute atomic E-state index is 13.6. The van der Waals surface area contributed by atoms with Crippen molar-refractivity contribution in [3.8, 4) is 0 Å². The van der Waals surface area contributed by atoms with Gasteiger partial charge in [-0.2, -0.15) is 0 Å². The first-order valence-corrected chi connectivity index (χ1v) is 6.28. The molecular formula is C12H12BrF2NO. The van der Waals surface area contributed by atoms with Crippen LogP contribution in [0.15, 0.2) is 16.6 Å². The molecule has 1 heterocycles. The fourth-order valence-corrected chi connectivity index (χ4v) is 2.32. The van der Waals surface area contributed by atoms with E-state index >= 15 is 0 Å². The molecule has 0 aliphatic carbocycles. The number of benzene rings is 1. The molecule has 1 aromatic carbocycles. The van der Waals surface area contributed by atoms with Crippen LogP contribution in [-0.2, 0) is 0 Å². The van der Waals surface area contributed by atoms with Crippen molar-refractivity contribution in [3.63, 3.8) is 0 Å². The van der Waals surface area contributed by atoms with Crippen LogP contribution in [0.1, 0.15) is 23.2 Å². The van der Waals surface area contributed by atoms with Gasteiger partial charge in [-0.3, -0.25) is 4.79 Å². The van der Waals surface area contributed by atoms with Crippen LogP contribution in [0.3, 0.4) is 0 Å². The molecule has 1 saturated heterocycles. The van der Waals surface area contributed by atoms with Gasteiger partial charge in [0, 0.05) is 12.5 Å². The summed E-state index contributed by atoms with van der Waals surface area (Å²) < 4.78 is 26.9. The van der Waals surface area contributed by atoms with Crippen LogP contribution in [0, 0.1) is 17.6 Å². The molecule has 0 bridgehead atoms. The molecule has 0 saturated carbocycles. The van der Waals surface area contributed by atoms with E-state index in [9.17, 15) is 13.6 Å². The standard InChI is InChI=1S/C12H12BrF2NO/c13-9-5-10(14)8(4-11(9)15)12(17)7-2-1-3-16-6-7/h4-5,7,16H,1-3,6H2. The largest absolute Gasteiger partial charge is 0.316 e. The van der Waals surface area contributed by atoms with E-state index in [0.29, 0.717) is 6.54 Å². The maximum atomic E-state index is 13.6. The molecule has 0 aromatic heterocycles. The number of Topliss-reactive ketones (excluding diaryl/α,β-unsaturated/α-hetero) is 1. The molecule has 2 rings (SSSR count). The Balaban J connectivity index is 2.26. The number of nitrogens with one attached hydrogen (secondary N) is 1. The van der Waals surface area contributed by atoms with Crippen molar-refractivity contribution in [1.29, 1.82) is 0 Å². The predicted octanol–water partition coefficient (Wildman–Crippen LogP) is 2.91. The fourth-order valence-electron chi connectivity index (χ4n) is 2.01. The smallest absolute Gasteiger partial charge is 0.170 e. The molecule has 2 nitrogen and oxygen atoms in total. The summed E-state index contributed by atoms with van der Waals surface area (Å²) in [5.41, 5.74) is -0.153. The Labute approximate surface area is 107 Å². The minimum Gasteiger partial charge on any atom is -0.316 e. The average molecular weight is 304 g/mol. The normalized spacial score (nSPS) is 20.3. The summed E-state index contributed by atoms with van der Waals surface area (Å²) in [5.74, 6) is -1.85. The first-order chi connectivity index (χ1) is 8.09. The summed E-state index contributed by atoms with van der Waals surface area (Å²) in [7, 11) is 0. The average Bonchev–Trinajstić information content (AvgIpc) is 2.34. The number of carbonyl (C=O) groups excluding carboxylic acids is 1. The van der Waals surface area contributed by atoms with E-state index in [-0.39, 0.29) is 21.7 Å². The molecule has 1 aromatic rings. The van der Waals surface area contributed by atoms with Gasteiger partial charge in [0.1, 0.15) is 11.6 Å². The second-order valence-corrected chi connectivity index (χ2v) is 5.01. The van der Waals surface area contributed by atoms with Crippen LogP contribution in [0.25, 0.3) is 0 Å². The molecule has 0 amide bonds. The lowest BCUT2D eigenvalue weighted by molar-refractivity contribution is 0.0895. The summed E-state index contributed by atoms with van der Waals surface area (Å²) in [6.07, 6.45) is 1.61. The van der Waals surface area contributed by atoms with Gasteiger partial charge in [0.25, 0.3) is 0 Å². The highest BCUT2D eigenvalue weighted by Crippen LogP contribution is 2.24. The van der Waals surface area contributed by atoms with Crippen molar-refractivity contribution >= 4 is 21.7 Å². The van der Waals surface area contributed by atoms with Gasteiger partial charge >= 0.3 is 0 Å². The van der Waals surface area contributed by atoms with Gasteiger partial charge in [0.2, 0.25) is 0 Å². The van der Waals surface area contributed by atoms with Crippen LogP contribution in [0.4, 0.5) is 8.78 Å². The van der Waals surface area contributed by atoms with Crippen molar-refractivity contribution in [2.24, 2.45) is 5.92 Å². The summed E-state index contributed by atoms with van der Waals surface area (Å²) in [6.45, 7) is 1.41. The summed E-state index contributed by atoms with van der Waals surface area (Å²) in [6, 6.07) is 1.97. The molecule has 1 atom stereocenters. The Kier molecular flexibility index (Phi) is 3.89. The molecule has 1 aliphatic rings. The Morgan fingerprint density at radius 2 is 2.12 bits per heavy atom. The molecule has 92 valence electrons. The van der Waals surface area contributed by atoms with Gasteiger partial charge < -0.3 is 5.32 Å². The summed E-state index contributed by atoms with van der Waals surface area (Å²) >= 11 is 2.89. The zero-order valence-corrected chi connectivity index (χ0v) is 10.7. The lowest BCUT2D eigenvalue weighted by Gasteiger charge is -2.21. The van der Waals surface area contributed by atoms with Crippen LogP contribution >= 0.6 is 15.9 Å². The molecule has 1 aliphatic heterocycles. The van der Waals surface area contributed by atoms with Crippen molar-refractivity contribution in [1.82, 2.24) is 5.32 Å². The number of halogens is 3. The second-order valence-electron chi connectivity index (χ2n) is 4.15. The number of hydrogen-bond donors (Lipinski definition) is 1. The van der Waals surface area contributed by atoms with Gasteiger partial charge in [-0.05, 0) is 47.4 Å². The topological polar surface area (TPSA) is 29.1 Å². The van der Waals surface area contributed by atoms with Gasteiger partial charge in [-0.15, -0.1) is 0 Å². The van der Waals surface area contributed by atoms with E-state index < -0.39 is 11.6 Å². The van der Waals surface area contributed by atoms with Gasteiger partial charge in [-0.1, -0.05) is 0 Å². The van der Waals surface area contributed by atoms with Crippen LogP contribution in [0.2, 0.25) is 0 Å². The second kappa shape index (κ2) is 5.23. The third kappa shape index (κ3) is 2.72. The van der Waals surface area contributed by atoms with E-state index in [2.05, 4.69) is 21.2 Å². The van der Waals surface area contributed by atoms with Gasteiger partial charge in [-0.25, -0.2) is 8.78 Å². The number of piperidine rings is 1. The summed E-state index contributed by atoms with van der Waals surface area (Å²) in [5, 5.41) is 3.08. The minimum atomic E-state index is -0.672. The Morgan fingerprint density at radius 1 is 1.35 bits per heavy atom. The zero-order chi connectivity index (χ0) is 12.4. The molecule has 0 radical (unpaired) electrons. The quantitative estimate of drug-likeness (QED) is 0.672. The van der Waals surface area contributed by atoms with E-state index in [1.165, 1.54) is 0 Å². The zero-order valence-electron chi connectivity index (χ0n) is 9.10. The third-order valence-electron chi connectivity index (χ3n) is 2.94. The van der Waals surface area contributed by atoms with Crippen molar-refractivity contribution in [2.75, 3.05) is 13.1 Å². The molecular weight excluding hydrogens is 292 g/mol. The summed E-state index contributed by atoms with van der Waals surface area (Å²) in [4.78, 5) is 12.0. The van der Waals surface area contributed by atoms with Gasteiger partial charge in [0.05, 0.1) is 10.0 Å². The monoisotopic (exact) mass is 303 g/mol. The third-order valence-corrected chi connectivity index (χ3v) is 3.55. The predicted molar refractivity (Wildman–Crippen MR) is 64.0 cm³/mol. The Hall–Kier alpha value is -0.810. The number of ketones is 1. The molecule has 5 heteroatoms. The Bertz CT molecular complexity index is 444. The van der Waals surface area contributed by atoms with Crippen LogP contribution < -0.4 is 5.32 Å². The maximum Gasteiger partial charge on any atom is 0.170 e. The fraction of sp³-hybridized carbons (Fsp3) is 0.417. The number of hydrogen-bond acceptors (Lipinski definition) is 2. The molecule has 17 heavy (non-hydrogen) atoms. The minimum absolute atomic E-state index is 0.0355. The molecule has 0 spiro atoms. The first-order valence-electron chi connectivity index (χ1n) is 5.49. The highest BCUT2D eigenvalue weighted by Gasteiger charge is 2.25. The highest BCUT2D eigenvalue weighted by molar-refractivity contribution is 9.10.